The molecule has 5 heteroatoms. The van der Waals surface area contributed by atoms with Crippen LogP contribution in [0.4, 0.5) is 0 Å². The van der Waals surface area contributed by atoms with Crippen LogP contribution in [0.25, 0.3) is 33.1 Å². The summed E-state index contributed by atoms with van der Waals surface area (Å²) >= 11 is 0. The summed E-state index contributed by atoms with van der Waals surface area (Å²) in [6, 6.07) is 17.2. The van der Waals surface area contributed by atoms with Crippen LogP contribution in [-0.4, -0.2) is 36.9 Å². The quantitative estimate of drug-likeness (QED) is 0.412. The van der Waals surface area contributed by atoms with E-state index in [1.54, 1.807) is 0 Å². The number of hydrogen-bond acceptors (Lipinski definition) is 3. The summed E-state index contributed by atoms with van der Waals surface area (Å²) in [5, 5.41) is 2.45. The van der Waals surface area contributed by atoms with E-state index in [0.29, 0.717) is 0 Å². The molecule has 0 saturated carbocycles. The molecule has 0 N–H and O–H groups in total. The first-order valence-corrected chi connectivity index (χ1v) is 10.9. The van der Waals surface area contributed by atoms with Crippen molar-refractivity contribution in [2.75, 3.05) is 0 Å². The fourth-order valence-electron chi connectivity index (χ4n) is 5.51. The van der Waals surface area contributed by atoms with Crippen molar-refractivity contribution in [3.05, 3.63) is 61.1 Å². The lowest BCUT2D eigenvalue weighted by molar-refractivity contribution is -0.136. The number of aromatic nitrogens is 3. The van der Waals surface area contributed by atoms with Crippen molar-refractivity contribution < 1.29 is 4.79 Å². The third-order valence-corrected chi connectivity index (χ3v) is 6.79. The number of hydrogen-bond donors (Lipinski definition) is 0. The van der Waals surface area contributed by atoms with E-state index in [0.717, 1.165) is 41.5 Å². The van der Waals surface area contributed by atoms with Crippen LogP contribution in [0.3, 0.4) is 0 Å². The Balaban J connectivity index is 1.59. The monoisotopic (exact) mass is 412 g/mol. The van der Waals surface area contributed by atoms with E-state index in [9.17, 15) is 4.79 Å². The van der Waals surface area contributed by atoms with Crippen molar-refractivity contribution in [2.45, 2.75) is 57.7 Å². The van der Waals surface area contributed by atoms with Gasteiger partial charge in [0.2, 0.25) is 6.41 Å². The molecule has 3 heterocycles. The second-order valence-corrected chi connectivity index (χ2v) is 9.91. The number of amides is 1. The van der Waals surface area contributed by atoms with Gasteiger partial charge in [-0.2, -0.15) is 0 Å². The summed E-state index contributed by atoms with van der Waals surface area (Å²) in [5.74, 6) is 0. The van der Waals surface area contributed by atoms with Gasteiger partial charge in [-0.15, -0.1) is 0 Å². The number of benzene rings is 2. The van der Waals surface area contributed by atoms with Crippen LogP contribution in [0.15, 0.2) is 61.1 Å². The number of nitrogens with zero attached hydrogens (tertiary/aromatic N) is 4. The standard InChI is InChI=1S/C26H28N4O/c1-25(2)14-21(15-26(3,4)30(25)17-31)29-16-28-23-22(11-12-27-24(23)29)20-10-9-18-7-5-6-8-19(18)13-20/h5-13,16-17,21H,14-15H2,1-4H3. The average molecular weight is 413 g/mol. The number of rotatable bonds is 3. The van der Waals surface area contributed by atoms with Crippen LogP contribution in [0.5, 0.6) is 0 Å². The Morgan fingerprint density at radius 2 is 1.65 bits per heavy atom. The number of carbonyl (C=O) groups is 1. The largest absolute Gasteiger partial charge is 0.335 e. The summed E-state index contributed by atoms with van der Waals surface area (Å²) < 4.78 is 2.21. The molecule has 0 bridgehead atoms. The van der Waals surface area contributed by atoms with E-state index in [2.05, 4.69) is 74.7 Å². The maximum atomic E-state index is 11.8. The van der Waals surface area contributed by atoms with Gasteiger partial charge in [0.1, 0.15) is 5.52 Å². The van der Waals surface area contributed by atoms with Crippen molar-refractivity contribution in [1.82, 2.24) is 19.4 Å². The van der Waals surface area contributed by atoms with E-state index in [1.165, 1.54) is 10.8 Å². The summed E-state index contributed by atoms with van der Waals surface area (Å²) in [7, 11) is 0. The van der Waals surface area contributed by atoms with E-state index < -0.39 is 0 Å². The van der Waals surface area contributed by atoms with Gasteiger partial charge < -0.3 is 9.47 Å². The topological polar surface area (TPSA) is 51.0 Å². The molecule has 31 heavy (non-hydrogen) atoms. The molecule has 1 aliphatic heterocycles. The molecule has 0 spiro atoms. The van der Waals surface area contributed by atoms with Crippen LogP contribution in [0, 0.1) is 0 Å². The molecule has 1 amide bonds. The molecule has 0 aliphatic carbocycles. The molecule has 2 aromatic heterocycles. The van der Waals surface area contributed by atoms with Gasteiger partial charge in [-0.1, -0.05) is 36.4 Å². The van der Waals surface area contributed by atoms with E-state index in [4.69, 9.17) is 9.97 Å². The molecule has 158 valence electrons. The lowest BCUT2D eigenvalue weighted by Crippen LogP contribution is -2.60. The Hall–Kier alpha value is -3.21. The highest BCUT2D eigenvalue weighted by Gasteiger charge is 2.45. The number of imidazole rings is 1. The Labute approximate surface area is 182 Å². The Morgan fingerprint density at radius 3 is 2.35 bits per heavy atom. The van der Waals surface area contributed by atoms with Crippen molar-refractivity contribution in [1.29, 1.82) is 0 Å². The highest BCUT2D eigenvalue weighted by atomic mass is 16.1. The Bertz CT molecular complexity index is 1270. The minimum atomic E-state index is -0.235. The number of piperidine rings is 1. The summed E-state index contributed by atoms with van der Waals surface area (Å²) in [6.45, 7) is 8.56. The van der Waals surface area contributed by atoms with Crippen LogP contribution < -0.4 is 0 Å². The van der Waals surface area contributed by atoms with Crippen molar-refractivity contribution in [2.24, 2.45) is 0 Å². The molecule has 0 unspecified atom stereocenters. The second kappa shape index (κ2) is 6.91. The minimum Gasteiger partial charge on any atom is -0.335 e. The number of fused-ring (bicyclic) bond motifs is 2. The number of carbonyl (C=O) groups excluding carboxylic acids is 1. The van der Waals surface area contributed by atoms with Gasteiger partial charge in [0, 0.05) is 28.9 Å². The molecule has 1 fully saturated rings. The fourth-order valence-corrected chi connectivity index (χ4v) is 5.51. The zero-order valence-corrected chi connectivity index (χ0v) is 18.5. The second-order valence-electron chi connectivity index (χ2n) is 9.91. The molecule has 5 nitrogen and oxygen atoms in total. The fraction of sp³-hybridized carbons (Fsp3) is 0.346. The SMILES string of the molecule is CC1(C)CC(n2cnc3c(-c4ccc5ccccc5c4)ccnc32)CC(C)(C)N1C=O. The van der Waals surface area contributed by atoms with Crippen molar-refractivity contribution >= 4 is 28.3 Å². The molecule has 2 aromatic carbocycles. The number of likely N-dealkylation sites (tertiary alicyclic amines) is 1. The summed E-state index contributed by atoms with van der Waals surface area (Å²) in [4.78, 5) is 23.3. The zero-order valence-electron chi connectivity index (χ0n) is 18.5. The van der Waals surface area contributed by atoms with E-state index in [-0.39, 0.29) is 17.1 Å². The molecular weight excluding hydrogens is 384 g/mol. The minimum absolute atomic E-state index is 0.227. The van der Waals surface area contributed by atoms with Gasteiger partial charge in [-0.25, -0.2) is 9.97 Å². The maximum Gasteiger partial charge on any atom is 0.210 e. The van der Waals surface area contributed by atoms with Gasteiger partial charge in [-0.3, -0.25) is 4.79 Å². The lowest BCUT2D eigenvalue weighted by atomic mass is 9.77. The van der Waals surface area contributed by atoms with Crippen LogP contribution in [-0.2, 0) is 4.79 Å². The highest BCUT2D eigenvalue weighted by molar-refractivity contribution is 5.94. The van der Waals surface area contributed by atoms with Crippen molar-refractivity contribution in [3.8, 4) is 11.1 Å². The first-order chi connectivity index (χ1) is 14.8. The van der Waals surface area contributed by atoms with Crippen LogP contribution >= 0.6 is 0 Å². The first kappa shape index (κ1) is 19.7. The molecular formula is C26H28N4O. The average Bonchev–Trinajstić information content (AvgIpc) is 3.16. The summed E-state index contributed by atoms with van der Waals surface area (Å²) in [6.07, 6.45) is 6.53. The Kier molecular flexibility index (Phi) is 4.40. The summed E-state index contributed by atoms with van der Waals surface area (Å²) in [5.41, 5.74) is 3.60. The van der Waals surface area contributed by atoms with Gasteiger partial charge in [0.15, 0.2) is 5.65 Å². The molecule has 5 rings (SSSR count). The first-order valence-electron chi connectivity index (χ1n) is 10.9. The third kappa shape index (κ3) is 3.19. The van der Waals surface area contributed by atoms with Gasteiger partial charge in [-0.05, 0) is 69.0 Å². The third-order valence-electron chi connectivity index (χ3n) is 6.79. The van der Waals surface area contributed by atoms with Crippen LogP contribution in [0.2, 0.25) is 0 Å². The molecule has 0 atom stereocenters. The van der Waals surface area contributed by atoms with Crippen molar-refractivity contribution in [3.63, 3.8) is 0 Å². The van der Waals surface area contributed by atoms with Crippen LogP contribution in [0.1, 0.15) is 46.6 Å². The lowest BCUT2D eigenvalue weighted by Gasteiger charge is -2.53. The molecule has 1 saturated heterocycles. The smallest absolute Gasteiger partial charge is 0.210 e. The number of pyridine rings is 1. The van der Waals surface area contributed by atoms with Gasteiger partial charge in [0.25, 0.3) is 0 Å². The zero-order chi connectivity index (χ0) is 21.8. The molecule has 4 aromatic rings. The molecule has 0 radical (unpaired) electrons. The van der Waals surface area contributed by atoms with E-state index in [1.807, 2.05) is 23.5 Å². The predicted octanol–water partition coefficient (Wildman–Crippen LogP) is 5.60. The normalized spacial score (nSPS) is 18.5. The predicted molar refractivity (Wildman–Crippen MR) is 125 cm³/mol. The van der Waals surface area contributed by atoms with Gasteiger partial charge >= 0.3 is 0 Å². The Morgan fingerprint density at radius 1 is 0.935 bits per heavy atom. The van der Waals surface area contributed by atoms with Gasteiger partial charge in [0.05, 0.1) is 6.33 Å². The highest BCUT2D eigenvalue weighted by Crippen LogP contribution is 2.43. The molecule has 1 aliphatic rings. The van der Waals surface area contributed by atoms with E-state index >= 15 is 0 Å². The maximum absolute atomic E-state index is 11.8.